The van der Waals surface area contributed by atoms with Gasteiger partial charge in [-0.1, -0.05) is 45.5 Å². The number of ether oxygens (including phenoxy) is 1. The first-order valence-corrected chi connectivity index (χ1v) is 11.7. The van der Waals surface area contributed by atoms with E-state index in [1.54, 1.807) is 24.3 Å². The quantitative estimate of drug-likeness (QED) is 0.485. The molecule has 0 spiro atoms. The molecule has 0 heterocycles. The predicted molar refractivity (Wildman–Crippen MR) is 102 cm³/mol. The zero-order valence-electron chi connectivity index (χ0n) is 15.9. The topological polar surface area (TPSA) is 55.8 Å². The predicted octanol–water partition coefficient (Wildman–Crippen LogP) is 4.17. The minimum Gasteiger partial charge on any atom is -0.461 e. The Hall–Kier alpha value is -1.43. The average molecular weight is 363 g/mol. The van der Waals surface area contributed by atoms with Crippen LogP contribution >= 0.6 is 0 Å². The van der Waals surface area contributed by atoms with Crippen molar-refractivity contribution in [3.63, 3.8) is 0 Å². The summed E-state index contributed by atoms with van der Waals surface area (Å²) in [6.07, 6.45) is -0.249. The first-order valence-electron chi connectivity index (χ1n) is 8.79. The molecule has 1 aromatic carbocycles. The van der Waals surface area contributed by atoms with E-state index in [0.717, 1.165) is 0 Å². The highest BCUT2D eigenvalue weighted by Gasteiger charge is 2.45. The fraction of sp³-hybridized carbons (Fsp3) is 0.550. The Kier molecular flexibility index (Phi) is 5.92. The van der Waals surface area contributed by atoms with Crippen LogP contribution in [-0.4, -0.2) is 38.2 Å². The Labute approximate surface area is 152 Å². The van der Waals surface area contributed by atoms with Crippen LogP contribution in [0.3, 0.4) is 0 Å². The van der Waals surface area contributed by atoms with Crippen molar-refractivity contribution in [1.29, 1.82) is 0 Å². The molecule has 2 rings (SSSR count). The van der Waals surface area contributed by atoms with Gasteiger partial charge in [-0.15, -0.1) is 0 Å². The molecule has 25 heavy (non-hydrogen) atoms. The van der Waals surface area contributed by atoms with Gasteiger partial charge in [0.25, 0.3) is 0 Å². The smallest absolute Gasteiger partial charge is 0.338 e. The lowest BCUT2D eigenvalue weighted by Gasteiger charge is -2.39. The molecule has 1 aromatic rings. The van der Waals surface area contributed by atoms with Crippen molar-refractivity contribution in [2.24, 2.45) is 5.92 Å². The van der Waals surface area contributed by atoms with Crippen molar-refractivity contribution in [3.05, 3.63) is 48.0 Å². The number of carbonyl (C=O) groups excluding carboxylic acids is 1. The number of hydrogen-bond acceptors (Lipinski definition) is 4. The molecule has 1 fully saturated rings. The van der Waals surface area contributed by atoms with Crippen LogP contribution in [0.4, 0.5) is 0 Å². The van der Waals surface area contributed by atoms with Gasteiger partial charge in [0, 0.05) is 12.3 Å². The van der Waals surface area contributed by atoms with E-state index in [1.165, 1.54) is 0 Å². The van der Waals surface area contributed by atoms with Gasteiger partial charge in [-0.05, 0) is 35.8 Å². The summed E-state index contributed by atoms with van der Waals surface area (Å²) in [6.45, 7) is 15.1. The molecular formula is C20H30O4Si. The number of benzene rings is 1. The van der Waals surface area contributed by atoms with Gasteiger partial charge >= 0.3 is 5.97 Å². The molecule has 1 saturated carbocycles. The van der Waals surface area contributed by atoms with Gasteiger partial charge in [-0.2, -0.15) is 0 Å². The third kappa shape index (κ3) is 4.60. The summed E-state index contributed by atoms with van der Waals surface area (Å²) in [4.78, 5) is 12.2. The van der Waals surface area contributed by atoms with E-state index in [0.29, 0.717) is 17.6 Å². The van der Waals surface area contributed by atoms with Crippen molar-refractivity contribution in [3.8, 4) is 0 Å². The van der Waals surface area contributed by atoms with Crippen molar-refractivity contribution in [1.82, 2.24) is 0 Å². The molecule has 0 amide bonds. The van der Waals surface area contributed by atoms with Crippen molar-refractivity contribution < 1.29 is 19.1 Å². The zero-order valence-corrected chi connectivity index (χ0v) is 16.9. The maximum Gasteiger partial charge on any atom is 0.338 e. The summed E-state index contributed by atoms with van der Waals surface area (Å²) in [7, 11) is -1.98. The summed E-state index contributed by atoms with van der Waals surface area (Å²) < 4.78 is 12.0. The maximum atomic E-state index is 12.2. The highest BCUT2D eigenvalue weighted by Crippen LogP contribution is 2.42. The molecule has 1 aliphatic carbocycles. The Morgan fingerprint density at radius 1 is 1.28 bits per heavy atom. The molecule has 1 aliphatic rings. The molecule has 138 valence electrons. The van der Waals surface area contributed by atoms with E-state index in [2.05, 4.69) is 40.4 Å². The lowest BCUT2D eigenvalue weighted by Crippen LogP contribution is -2.45. The standard InChI is InChI=1S/C20H30O4Si/c1-14-16(13-23-19(22)15-10-8-7-9-11-15)18(12-17(14)21)24-25(5,6)20(2,3)4/h7-11,16-18,21H,1,12-13H2,2-6H3/t16-,17+,18-/m0/s1. The van der Waals surface area contributed by atoms with Crippen LogP contribution in [0.15, 0.2) is 42.5 Å². The Morgan fingerprint density at radius 2 is 1.88 bits per heavy atom. The van der Waals surface area contributed by atoms with E-state index in [9.17, 15) is 9.90 Å². The molecule has 3 atom stereocenters. The van der Waals surface area contributed by atoms with Gasteiger partial charge in [0.1, 0.15) is 6.61 Å². The summed E-state index contributed by atoms with van der Waals surface area (Å²) in [6, 6.07) is 8.92. The van der Waals surface area contributed by atoms with Gasteiger partial charge in [0.2, 0.25) is 0 Å². The molecule has 5 heteroatoms. The van der Waals surface area contributed by atoms with Crippen LogP contribution in [0.2, 0.25) is 18.1 Å². The van der Waals surface area contributed by atoms with Crippen LogP contribution in [0.25, 0.3) is 0 Å². The second-order valence-corrected chi connectivity index (χ2v) is 13.1. The third-order valence-electron chi connectivity index (χ3n) is 5.46. The lowest BCUT2D eigenvalue weighted by molar-refractivity contribution is 0.0360. The van der Waals surface area contributed by atoms with E-state index in [-0.39, 0.29) is 29.6 Å². The average Bonchev–Trinajstić information content (AvgIpc) is 2.78. The number of rotatable bonds is 5. The van der Waals surface area contributed by atoms with Gasteiger partial charge in [0.15, 0.2) is 8.32 Å². The highest BCUT2D eigenvalue weighted by atomic mass is 28.4. The SMILES string of the molecule is C=C1[C@H](O)C[C@H](O[Si](C)(C)C(C)(C)C)[C@H]1COC(=O)c1ccccc1. The monoisotopic (exact) mass is 362 g/mol. The summed E-state index contributed by atoms with van der Waals surface area (Å²) in [5, 5.41) is 10.3. The molecule has 0 bridgehead atoms. The van der Waals surface area contributed by atoms with Crippen LogP contribution in [0.5, 0.6) is 0 Å². The van der Waals surface area contributed by atoms with Gasteiger partial charge in [-0.25, -0.2) is 4.79 Å². The molecular weight excluding hydrogens is 332 g/mol. The zero-order chi connectivity index (χ0) is 18.8. The molecule has 0 radical (unpaired) electrons. The van der Waals surface area contributed by atoms with Gasteiger partial charge in [-0.3, -0.25) is 0 Å². The van der Waals surface area contributed by atoms with Crippen LogP contribution in [0, 0.1) is 5.92 Å². The third-order valence-corrected chi connectivity index (χ3v) is 9.97. The maximum absolute atomic E-state index is 12.2. The summed E-state index contributed by atoms with van der Waals surface area (Å²) in [5.74, 6) is -0.530. The molecule has 0 unspecified atom stereocenters. The Bertz CT molecular complexity index is 618. The molecule has 0 saturated heterocycles. The largest absolute Gasteiger partial charge is 0.461 e. The van der Waals surface area contributed by atoms with E-state index < -0.39 is 14.4 Å². The first kappa shape index (κ1) is 19.9. The van der Waals surface area contributed by atoms with E-state index in [4.69, 9.17) is 9.16 Å². The van der Waals surface area contributed by atoms with Crippen LogP contribution in [0.1, 0.15) is 37.6 Å². The molecule has 0 aromatic heterocycles. The summed E-state index contributed by atoms with van der Waals surface area (Å²) >= 11 is 0. The van der Waals surface area contributed by atoms with Crippen molar-refractivity contribution in [2.45, 2.75) is 57.5 Å². The number of aliphatic hydroxyl groups is 1. The fourth-order valence-electron chi connectivity index (χ4n) is 2.74. The lowest BCUT2D eigenvalue weighted by atomic mass is 10.0. The molecule has 1 N–H and O–H groups in total. The minimum absolute atomic E-state index is 0.0765. The van der Waals surface area contributed by atoms with Crippen LogP contribution < -0.4 is 0 Å². The Balaban J connectivity index is 2.06. The number of aliphatic hydroxyl groups excluding tert-OH is 1. The Morgan fingerprint density at radius 3 is 2.44 bits per heavy atom. The van der Waals surface area contributed by atoms with Gasteiger partial charge in [0.05, 0.1) is 17.8 Å². The van der Waals surface area contributed by atoms with E-state index >= 15 is 0 Å². The number of esters is 1. The highest BCUT2D eigenvalue weighted by molar-refractivity contribution is 6.74. The summed E-state index contributed by atoms with van der Waals surface area (Å²) in [5.41, 5.74) is 1.22. The molecule has 4 nitrogen and oxygen atoms in total. The normalized spacial score (nSPS) is 24.4. The number of hydrogen-bond donors (Lipinski definition) is 1. The van der Waals surface area contributed by atoms with E-state index in [1.807, 2.05) is 6.07 Å². The van der Waals surface area contributed by atoms with Crippen molar-refractivity contribution >= 4 is 14.3 Å². The molecule has 0 aliphatic heterocycles. The first-order chi connectivity index (χ1) is 11.5. The minimum atomic E-state index is -1.98. The second-order valence-electron chi connectivity index (χ2n) is 8.31. The second kappa shape index (κ2) is 7.44. The van der Waals surface area contributed by atoms with Crippen LogP contribution in [-0.2, 0) is 9.16 Å². The fourth-order valence-corrected chi connectivity index (χ4v) is 4.12. The number of carbonyl (C=O) groups is 1. The van der Waals surface area contributed by atoms with Gasteiger partial charge < -0.3 is 14.3 Å². The van der Waals surface area contributed by atoms with Crippen molar-refractivity contribution in [2.75, 3.05) is 6.61 Å².